The Morgan fingerprint density at radius 2 is 2.14 bits per heavy atom. The average Bonchev–Trinajstić information content (AvgIpc) is 2.35. The standard InChI is InChI=1S/C18H27FN2/c1-13(16-5-3-6-16)21-11-15(10-18(20)12-21)8-14-4-2-7-17(19)9-14/h2,4,7,9,13,15-16,18H,3,5-6,8,10-12,20H2,1H3. The minimum Gasteiger partial charge on any atom is -0.327 e. The number of nitrogens with two attached hydrogens (primary N) is 1. The summed E-state index contributed by atoms with van der Waals surface area (Å²) in [6.07, 6.45) is 6.15. The van der Waals surface area contributed by atoms with Crippen LogP contribution in [0.15, 0.2) is 24.3 Å². The van der Waals surface area contributed by atoms with Crippen molar-refractivity contribution >= 4 is 0 Å². The lowest BCUT2D eigenvalue weighted by Crippen LogP contribution is -2.53. The van der Waals surface area contributed by atoms with Crippen molar-refractivity contribution < 1.29 is 4.39 Å². The monoisotopic (exact) mass is 290 g/mol. The summed E-state index contributed by atoms with van der Waals surface area (Å²) in [4.78, 5) is 2.59. The van der Waals surface area contributed by atoms with Gasteiger partial charge in [-0.1, -0.05) is 18.6 Å². The van der Waals surface area contributed by atoms with E-state index in [1.807, 2.05) is 12.1 Å². The first-order chi connectivity index (χ1) is 10.1. The van der Waals surface area contributed by atoms with Crippen LogP contribution in [0, 0.1) is 17.7 Å². The van der Waals surface area contributed by atoms with Gasteiger partial charge < -0.3 is 5.73 Å². The molecule has 0 bridgehead atoms. The van der Waals surface area contributed by atoms with Crippen molar-refractivity contribution in [2.45, 2.75) is 51.1 Å². The van der Waals surface area contributed by atoms with Crippen LogP contribution in [0.3, 0.4) is 0 Å². The number of benzene rings is 1. The van der Waals surface area contributed by atoms with Gasteiger partial charge in [0.2, 0.25) is 0 Å². The van der Waals surface area contributed by atoms with Gasteiger partial charge in [-0.3, -0.25) is 4.90 Å². The average molecular weight is 290 g/mol. The van der Waals surface area contributed by atoms with Gasteiger partial charge in [-0.15, -0.1) is 0 Å². The maximum absolute atomic E-state index is 13.3. The smallest absolute Gasteiger partial charge is 0.123 e. The van der Waals surface area contributed by atoms with Crippen molar-refractivity contribution in [3.8, 4) is 0 Å². The van der Waals surface area contributed by atoms with Gasteiger partial charge in [-0.25, -0.2) is 4.39 Å². The lowest BCUT2D eigenvalue weighted by Gasteiger charge is -2.45. The molecular weight excluding hydrogens is 263 g/mol. The molecule has 3 atom stereocenters. The number of rotatable bonds is 4. The molecule has 0 aromatic heterocycles. The van der Waals surface area contributed by atoms with E-state index in [1.54, 1.807) is 6.07 Å². The van der Waals surface area contributed by atoms with E-state index in [1.165, 1.54) is 25.3 Å². The summed E-state index contributed by atoms with van der Waals surface area (Å²) < 4.78 is 13.3. The zero-order valence-electron chi connectivity index (χ0n) is 13.0. The SMILES string of the molecule is CC(C1CCC1)N1CC(N)CC(Cc2cccc(F)c2)C1. The van der Waals surface area contributed by atoms with Gasteiger partial charge in [-0.05, 0) is 62.1 Å². The van der Waals surface area contributed by atoms with Crippen LogP contribution in [0.25, 0.3) is 0 Å². The lowest BCUT2D eigenvalue weighted by atomic mass is 9.78. The molecule has 1 aliphatic carbocycles. The molecule has 0 amide bonds. The Bertz CT molecular complexity index is 472. The highest BCUT2D eigenvalue weighted by Gasteiger charge is 2.33. The number of hydrogen-bond acceptors (Lipinski definition) is 2. The second kappa shape index (κ2) is 6.45. The van der Waals surface area contributed by atoms with Crippen molar-refractivity contribution in [1.29, 1.82) is 0 Å². The minimum absolute atomic E-state index is 0.132. The molecule has 2 N–H and O–H groups in total. The summed E-state index contributed by atoms with van der Waals surface area (Å²) in [5.41, 5.74) is 7.38. The normalized spacial score (nSPS) is 29.1. The number of halogens is 1. The van der Waals surface area contributed by atoms with E-state index >= 15 is 0 Å². The van der Waals surface area contributed by atoms with E-state index in [-0.39, 0.29) is 11.9 Å². The highest BCUT2D eigenvalue weighted by Crippen LogP contribution is 2.34. The molecule has 2 fully saturated rings. The van der Waals surface area contributed by atoms with Gasteiger partial charge in [0.1, 0.15) is 5.82 Å². The molecule has 2 nitrogen and oxygen atoms in total. The largest absolute Gasteiger partial charge is 0.327 e. The maximum Gasteiger partial charge on any atom is 0.123 e. The van der Waals surface area contributed by atoms with Crippen LogP contribution in [0.1, 0.15) is 38.2 Å². The van der Waals surface area contributed by atoms with E-state index in [0.29, 0.717) is 12.0 Å². The van der Waals surface area contributed by atoms with Crippen LogP contribution in [0.2, 0.25) is 0 Å². The van der Waals surface area contributed by atoms with E-state index in [9.17, 15) is 4.39 Å². The molecule has 116 valence electrons. The van der Waals surface area contributed by atoms with Crippen molar-refractivity contribution in [2.24, 2.45) is 17.6 Å². The maximum atomic E-state index is 13.3. The Morgan fingerprint density at radius 1 is 1.33 bits per heavy atom. The van der Waals surface area contributed by atoms with Crippen molar-refractivity contribution in [1.82, 2.24) is 4.90 Å². The van der Waals surface area contributed by atoms with E-state index in [4.69, 9.17) is 5.73 Å². The van der Waals surface area contributed by atoms with Crippen molar-refractivity contribution in [3.05, 3.63) is 35.6 Å². The summed E-state index contributed by atoms with van der Waals surface area (Å²) in [7, 11) is 0. The lowest BCUT2D eigenvalue weighted by molar-refractivity contribution is 0.0587. The van der Waals surface area contributed by atoms with Crippen molar-refractivity contribution in [3.63, 3.8) is 0 Å². The summed E-state index contributed by atoms with van der Waals surface area (Å²) in [5, 5.41) is 0. The molecule has 1 aliphatic heterocycles. The van der Waals surface area contributed by atoms with Gasteiger partial charge >= 0.3 is 0 Å². The van der Waals surface area contributed by atoms with Crippen molar-refractivity contribution in [2.75, 3.05) is 13.1 Å². The molecular formula is C18H27FN2. The van der Waals surface area contributed by atoms with E-state index < -0.39 is 0 Å². The van der Waals surface area contributed by atoms with E-state index in [0.717, 1.165) is 37.4 Å². The van der Waals surface area contributed by atoms with Crippen LogP contribution >= 0.6 is 0 Å². The molecule has 0 radical (unpaired) electrons. The number of likely N-dealkylation sites (tertiary alicyclic amines) is 1. The second-order valence-corrected chi connectivity index (χ2v) is 7.08. The molecule has 1 aromatic carbocycles. The second-order valence-electron chi connectivity index (χ2n) is 7.08. The third-order valence-corrected chi connectivity index (χ3v) is 5.42. The molecule has 3 unspecified atom stereocenters. The molecule has 1 saturated carbocycles. The molecule has 1 aromatic rings. The fourth-order valence-electron chi connectivity index (χ4n) is 3.98. The summed E-state index contributed by atoms with van der Waals surface area (Å²) in [6, 6.07) is 7.94. The number of piperidine rings is 1. The fourth-order valence-corrected chi connectivity index (χ4v) is 3.98. The van der Waals surface area contributed by atoms with Crippen LogP contribution in [-0.4, -0.2) is 30.1 Å². The molecule has 2 aliphatic rings. The van der Waals surface area contributed by atoms with Crippen LogP contribution in [0.4, 0.5) is 4.39 Å². The Balaban J connectivity index is 1.62. The predicted molar refractivity (Wildman–Crippen MR) is 84.6 cm³/mol. The molecule has 0 spiro atoms. The predicted octanol–water partition coefficient (Wildman–Crippen LogP) is 3.21. The van der Waals surface area contributed by atoms with Gasteiger partial charge in [0.25, 0.3) is 0 Å². The molecule has 3 heteroatoms. The first-order valence-electron chi connectivity index (χ1n) is 8.36. The van der Waals surface area contributed by atoms with Crippen LogP contribution in [0.5, 0.6) is 0 Å². The Hall–Kier alpha value is -0.930. The van der Waals surface area contributed by atoms with Gasteiger partial charge in [0.05, 0.1) is 0 Å². The number of hydrogen-bond donors (Lipinski definition) is 1. The highest BCUT2D eigenvalue weighted by molar-refractivity contribution is 5.17. The Labute approximate surface area is 127 Å². The quantitative estimate of drug-likeness (QED) is 0.922. The van der Waals surface area contributed by atoms with Crippen LogP contribution in [-0.2, 0) is 6.42 Å². The highest BCUT2D eigenvalue weighted by atomic mass is 19.1. The summed E-state index contributed by atoms with van der Waals surface area (Å²) in [5.74, 6) is 1.29. The first kappa shape index (κ1) is 15.0. The zero-order chi connectivity index (χ0) is 14.8. The third-order valence-electron chi connectivity index (χ3n) is 5.42. The summed E-state index contributed by atoms with van der Waals surface area (Å²) >= 11 is 0. The van der Waals surface area contributed by atoms with Crippen LogP contribution < -0.4 is 5.73 Å². The van der Waals surface area contributed by atoms with Gasteiger partial charge in [0, 0.05) is 25.2 Å². The summed E-state index contributed by atoms with van der Waals surface area (Å²) in [6.45, 7) is 4.50. The Kier molecular flexibility index (Phi) is 4.60. The zero-order valence-corrected chi connectivity index (χ0v) is 13.0. The fraction of sp³-hybridized carbons (Fsp3) is 0.667. The van der Waals surface area contributed by atoms with E-state index in [2.05, 4.69) is 11.8 Å². The molecule has 1 heterocycles. The Morgan fingerprint density at radius 3 is 2.81 bits per heavy atom. The first-order valence-corrected chi connectivity index (χ1v) is 8.36. The number of nitrogens with zero attached hydrogens (tertiary/aromatic N) is 1. The third kappa shape index (κ3) is 3.64. The minimum atomic E-state index is -0.132. The molecule has 3 rings (SSSR count). The molecule has 1 saturated heterocycles. The van der Waals surface area contributed by atoms with Gasteiger partial charge in [0.15, 0.2) is 0 Å². The molecule has 21 heavy (non-hydrogen) atoms. The topological polar surface area (TPSA) is 29.3 Å². The van der Waals surface area contributed by atoms with Gasteiger partial charge in [-0.2, -0.15) is 0 Å².